The number of ether oxygens (including phenoxy) is 2. The van der Waals surface area contributed by atoms with Gasteiger partial charge in [0.2, 0.25) is 0 Å². The summed E-state index contributed by atoms with van der Waals surface area (Å²) in [4.78, 5) is 14.6. The Balaban J connectivity index is 1.68. The topological polar surface area (TPSA) is 76.6 Å². The van der Waals surface area contributed by atoms with Crippen molar-refractivity contribution in [3.8, 4) is 11.5 Å². The second-order valence-electron chi connectivity index (χ2n) is 6.08. The van der Waals surface area contributed by atoms with Crippen molar-refractivity contribution in [3.05, 3.63) is 36.0 Å². The van der Waals surface area contributed by atoms with Gasteiger partial charge in [0.25, 0.3) is 5.91 Å². The number of aromatic nitrogens is 2. The Morgan fingerprint density at radius 1 is 1.04 bits per heavy atom. The molecule has 1 aromatic carbocycles. The fraction of sp³-hybridized carbons (Fsp3) is 0.421. The number of rotatable bonds is 7. The zero-order chi connectivity index (χ0) is 18.4. The molecular formula is C19H24N4O3. The molecule has 2 aromatic rings. The van der Waals surface area contributed by atoms with Gasteiger partial charge in [-0.2, -0.15) is 0 Å². The van der Waals surface area contributed by atoms with Crippen LogP contribution >= 0.6 is 0 Å². The molecule has 0 spiro atoms. The summed E-state index contributed by atoms with van der Waals surface area (Å²) >= 11 is 0. The largest absolute Gasteiger partial charge is 0.486 e. The van der Waals surface area contributed by atoms with Crippen LogP contribution < -0.4 is 19.7 Å². The number of carbonyl (C=O) groups excluding carboxylic acids is 1. The molecule has 1 amide bonds. The molecule has 0 unspecified atom stereocenters. The van der Waals surface area contributed by atoms with Crippen molar-refractivity contribution in [2.75, 3.05) is 36.5 Å². The van der Waals surface area contributed by atoms with E-state index in [2.05, 4.69) is 34.3 Å². The van der Waals surface area contributed by atoms with Crippen LogP contribution in [0.2, 0.25) is 0 Å². The minimum atomic E-state index is -0.307. The summed E-state index contributed by atoms with van der Waals surface area (Å²) in [6, 6.07) is 8.85. The molecule has 0 aliphatic carbocycles. The fourth-order valence-corrected chi connectivity index (χ4v) is 2.81. The van der Waals surface area contributed by atoms with Crippen LogP contribution in [-0.4, -0.2) is 42.4 Å². The Morgan fingerprint density at radius 2 is 1.77 bits per heavy atom. The first-order chi connectivity index (χ1) is 12.7. The fourth-order valence-electron chi connectivity index (χ4n) is 2.81. The molecule has 0 fully saturated rings. The third kappa shape index (κ3) is 4.22. The maximum Gasteiger partial charge on any atom is 0.276 e. The molecule has 26 heavy (non-hydrogen) atoms. The lowest BCUT2D eigenvalue weighted by Gasteiger charge is -2.21. The Bertz CT molecular complexity index is 743. The highest BCUT2D eigenvalue weighted by atomic mass is 16.6. The van der Waals surface area contributed by atoms with Crippen LogP contribution in [0, 0.1) is 0 Å². The summed E-state index contributed by atoms with van der Waals surface area (Å²) in [6.07, 6.45) is 2.07. The maximum atomic E-state index is 12.4. The Labute approximate surface area is 153 Å². The van der Waals surface area contributed by atoms with Crippen LogP contribution in [0.15, 0.2) is 30.3 Å². The summed E-state index contributed by atoms with van der Waals surface area (Å²) in [5.74, 6) is 1.80. The van der Waals surface area contributed by atoms with Crippen LogP contribution in [0.4, 0.5) is 11.5 Å². The van der Waals surface area contributed by atoms with E-state index in [4.69, 9.17) is 9.47 Å². The van der Waals surface area contributed by atoms with Crippen molar-refractivity contribution in [1.29, 1.82) is 0 Å². The number of amides is 1. The van der Waals surface area contributed by atoms with Gasteiger partial charge in [0, 0.05) is 24.8 Å². The first-order valence-corrected chi connectivity index (χ1v) is 9.01. The van der Waals surface area contributed by atoms with E-state index in [0.717, 1.165) is 31.7 Å². The number of benzene rings is 1. The lowest BCUT2D eigenvalue weighted by Crippen LogP contribution is -2.26. The van der Waals surface area contributed by atoms with E-state index in [1.165, 1.54) is 0 Å². The Kier molecular flexibility index (Phi) is 5.88. The molecule has 0 saturated carbocycles. The highest BCUT2D eigenvalue weighted by Gasteiger charge is 2.15. The predicted molar refractivity (Wildman–Crippen MR) is 100 cm³/mol. The van der Waals surface area contributed by atoms with Crippen molar-refractivity contribution in [2.24, 2.45) is 0 Å². The average Bonchev–Trinajstić information content (AvgIpc) is 2.68. The van der Waals surface area contributed by atoms with E-state index < -0.39 is 0 Å². The molecule has 1 N–H and O–H groups in total. The molecule has 0 radical (unpaired) electrons. The van der Waals surface area contributed by atoms with E-state index in [-0.39, 0.29) is 11.6 Å². The lowest BCUT2D eigenvalue weighted by molar-refractivity contribution is 0.102. The first kappa shape index (κ1) is 18.0. The standard InChI is InChI=1S/C19H24N4O3/c1-3-9-23(10-4-2)18-8-6-15(21-22-18)19(24)20-14-5-7-16-17(13-14)26-12-11-25-16/h5-8,13H,3-4,9-12H2,1-2H3,(H,20,24). The van der Waals surface area contributed by atoms with Crippen molar-refractivity contribution in [2.45, 2.75) is 26.7 Å². The zero-order valence-corrected chi connectivity index (χ0v) is 15.2. The number of carbonyl (C=O) groups is 1. The second kappa shape index (κ2) is 8.51. The summed E-state index contributed by atoms with van der Waals surface area (Å²) in [6.45, 7) is 7.14. The molecular weight excluding hydrogens is 332 g/mol. The van der Waals surface area contributed by atoms with Gasteiger partial charge >= 0.3 is 0 Å². The van der Waals surface area contributed by atoms with Crippen molar-refractivity contribution >= 4 is 17.4 Å². The third-order valence-electron chi connectivity index (χ3n) is 3.99. The van der Waals surface area contributed by atoms with Crippen molar-refractivity contribution < 1.29 is 14.3 Å². The van der Waals surface area contributed by atoms with Gasteiger partial charge in [0.1, 0.15) is 13.2 Å². The van der Waals surface area contributed by atoms with E-state index in [1.54, 1.807) is 24.3 Å². The first-order valence-electron chi connectivity index (χ1n) is 9.01. The van der Waals surface area contributed by atoms with Gasteiger partial charge in [-0.3, -0.25) is 4.79 Å². The number of nitrogens with zero attached hydrogens (tertiary/aromatic N) is 3. The molecule has 1 aromatic heterocycles. The van der Waals surface area contributed by atoms with Gasteiger partial charge < -0.3 is 19.7 Å². The van der Waals surface area contributed by atoms with Gasteiger partial charge in [-0.25, -0.2) is 0 Å². The van der Waals surface area contributed by atoms with Gasteiger partial charge in [-0.05, 0) is 37.1 Å². The minimum Gasteiger partial charge on any atom is -0.486 e. The number of fused-ring (bicyclic) bond motifs is 1. The molecule has 1 aliphatic rings. The molecule has 7 nitrogen and oxygen atoms in total. The third-order valence-corrected chi connectivity index (χ3v) is 3.99. The number of nitrogens with one attached hydrogen (secondary N) is 1. The van der Waals surface area contributed by atoms with Crippen LogP contribution in [0.1, 0.15) is 37.2 Å². The molecule has 0 saturated heterocycles. The quantitative estimate of drug-likeness (QED) is 0.821. The molecule has 138 valence electrons. The monoisotopic (exact) mass is 356 g/mol. The molecule has 0 bridgehead atoms. The van der Waals surface area contributed by atoms with Crippen LogP contribution in [-0.2, 0) is 0 Å². The van der Waals surface area contributed by atoms with Crippen molar-refractivity contribution in [1.82, 2.24) is 10.2 Å². The molecule has 2 heterocycles. The maximum absolute atomic E-state index is 12.4. The molecule has 7 heteroatoms. The summed E-state index contributed by atoms with van der Waals surface area (Å²) < 4.78 is 11.0. The van der Waals surface area contributed by atoms with Gasteiger partial charge in [0.15, 0.2) is 23.0 Å². The normalized spacial score (nSPS) is 12.5. The summed E-state index contributed by atoms with van der Waals surface area (Å²) in [7, 11) is 0. The van der Waals surface area contributed by atoms with E-state index >= 15 is 0 Å². The highest BCUT2D eigenvalue weighted by Crippen LogP contribution is 2.32. The Hall–Kier alpha value is -2.83. The lowest BCUT2D eigenvalue weighted by atomic mass is 10.2. The smallest absolute Gasteiger partial charge is 0.276 e. The Morgan fingerprint density at radius 3 is 2.42 bits per heavy atom. The van der Waals surface area contributed by atoms with Gasteiger partial charge in [-0.15, -0.1) is 10.2 Å². The number of anilines is 2. The molecule has 3 rings (SSSR count). The average molecular weight is 356 g/mol. The number of hydrogen-bond donors (Lipinski definition) is 1. The van der Waals surface area contributed by atoms with Gasteiger partial charge in [0.05, 0.1) is 0 Å². The van der Waals surface area contributed by atoms with E-state index in [9.17, 15) is 4.79 Å². The SMILES string of the molecule is CCCN(CCC)c1ccc(C(=O)Nc2ccc3c(c2)OCCO3)nn1. The summed E-state index contributed by atoms with van der Waals surface area (Å²) in [5, 5.41) is 11.1. The molecule has 0 atom stereocenters. The summed E-state index contributed by atoms with van der Waals surface area (Å²) in [5.41, 5.74) is 0.903. The highest BCUT2D eigenvalue weighted by molar-refractivity contribution is 6.03. The van der Waals surface area contributed by atoms with Crippen molar-refractivity contribution in [3.63, 3.8) is 0 Å². The minimum absolute atomic E-state index is 0.275. The van der Waals surface area contributed by atoms with Crippen LogP contribution in [0.5, 0.6) is 11.5 Å². The zero-order valence-electron chi connectivity index (χ0n) is 15.2. The van der Waals surface area contributed by atoms with Gasteiger partial charge in [-0.1, -0.05) is 13.8 Å². The number of hydrogen-bond acceptors (Lipinski definition) is 6. The predicted octanol–water partition coefficient (Wildman–Crippen LogP) is 3.13. The van der Waals surface area contributed by atoms with Crippen LogP contribution in [0.25, 0.3) is 0 Å². The van der Waals surface area contributed by atoms with Crippen LogP contribution in [0.3, 0.4) is 0 Å². The van der Waals surface area contributed by atoms with E-state index in [0.29, 0.717) is 30.4 Å². The second-order valence-corrected chi connectivity index (χ2v) is 6.08. The molecule has 1 aliphatic heterocycles. The van der Waals surface area contributed by atoms with E-state index in [1.807, 2.05) is 6.07 Å².